The van der Waals surface area contributed by atoms with Crippen LogP contribution in [0.3, 0.4) is 0 Å². The van der Waals surface area contributed by atoms with Gasteiger partial charge in [-0.3, -0.25) is 4.90 Å². The summed E-state index contributed by atoms with van der Waals surface area (Å²) >= 11 is 0. The lowest BCUT2D eigenvalue weighted by Crippen LogP contribution is -2.59. The van der Waals surface area contributed by atoms with E-state index in [-0.39, 0.29) is 6.10 Å². The van der Waals surface area contributed by atoms with Crippen LogP contribution in [0.25, 0.3) is 10.9 Å². The molecular formula is C20H22N2O. The van der Waals surface area contributed by atoms with Crippen LogP contribution in [0.15, 0.2) is 35.9 Å². The molecule has 0 spiro atoms. The molecule has 3 nitrogen and oxygen atoms in total. The number of para-hydroxylation sites is 1. The van der Waals surface area contributed by atoms with Crippen molar-refractivity contribution in [1.82, 2.24) is 9.47 Å². The van der Waals surface area contributed by atoms with Gasteiger partial charge in [-0.2, -0.15) is 0 Å². The maximum atomic E-state index is 6.43. The highest BCUT2D eigenvalue weighted by Crippen LogP contribution is 2.61. The minimum Gasteiger partial charge on any atom is -0.371 e. The van der Waals surface area contributed by atoms with Crippen molar-refractivity contribution < 1.29 is 4.74 Å². The van der Waals surface area contributed by atoms with Gasteiger partial charge in [0.05, 0.1) is 12.6 Å². The molecule has 6 heterocycles. The van der Waals surface area contributed by atoms with E-state index in [1.54, 1.807) is 5.57 Å². The van der Waals surface area contributed by atoms with Gasteiger partial charge in [0.2, 0.25) is 0 Å². The van der Waals surface area contributed by atoms with Crippen molar-refractivity contribution in [3.63, 3.8) is 0 Å². The van der Waals surface area contributed by atoms with E-state index in [4.69, 9.17) is 4.74 Å². The largest absolute Gasteiger partial charge is 0.371 e. The van der Waals surface area contributed by atoms with Gasteiger partial charge in [-0.1, -0.05) is 29.8 Å². The number of rotatable bonds is 0. The first-order chi connectivity index (χ1) is 11.3. The second kappa shape index (κ2) is 4.08. The summed E-state index contributed by atoms with van der Waals surface area (Å²) in [5, 5.41) is 1.41. The summed E-state index contributed by atoms with van der Waals surface area (Å²) in [5.41, 5.74) is 6.03. The van der Waals surface area contributed by atoms with Crippen LogP contribution in [-0.4, -0.2) is 28.7 Å². The standard InChI is InChI=1S/C20H22N2O/c1-3-11-9-22-16-8-13(11)14-10-23-20(18(14)22)17-12-6-4-5-7-15(12)21(2)19(16)17/h3-7,13-14,16,18,20H,8-10H2,1-2H3/t13-,14?,16-,18+,20+/m0/s1. The average molecular weight is 306 g/mol. The Morgan fingerprint density at radius 2 is 2.13 bits per heavy atom. The fraction of sp³-hybridized carbons (Fsp3) is 0.500. The van der Waals surface area contributed by atoms with Crippen LogP contribution in [0.5, 0.6) is 0 Å². The third-order valence-electron chi connectivity index (χ3n) is 7.00. The highest BCUT2D eigenvalue weighted by Gasteiger charge is 2.60. The summed E-state index contributed by atoms with van der Waals surface area (Å²) in [6.07, 6.45) is 3.91. The smallest absolute Gasteiger partial charge is 0.101 e. The molecule has 0 N–H and O–H groups in total. The lowest BCUT2D eigenvalue weighted by molar-refractivity contribution is -0.0346. The van der Waals surface area contributed by atoms with Crippen molar-refractivity contribution >= 4 is 10.9 Å². The molecule has 3 heteroatoms. The first kappa shape index (κ1) is 12.8. The number of piperidine rings is 3. The Balaban J connectivity index is 1.66. The molecule has 0 radical (unpaired) electrons. The molecule has 23 heavy (non-hydrogen) atoms. The van der Waals surface area contributed by atoms with Crippen LogP contribution in [0.4, 0.5) is 0 Å². The molecule has 4 bridgehead atoms. The number of allylic oxidation sites excluding steroid dienone is 1. The van der Waals surface area contributed by atoms with Crippen LogP contribution < -0.4 is 0 Å². The average Bonchev–Trinajstić information content (AvgIpc) is 3.17. The van der Waals surface area contributed by atoms with E-state index in [2.05, 4.69) is 53.8 Å². The maximum Gasteiger partial charge on any atom is 0.101 e. The number of ether oxygens (including phenoxy) is 1. The van der Waals surface area contributed by atoms with Gasteiger partial charge in [0.15, 0.2) is 0 Å². The minimum atomic E-state index is 0.276. The molecule has 5 aliphatic rings. The van der Waals surface area contributed by atoms with Gasteiger partial charge in [0.1, 0.15) is 6.10 Å². The second-order valence-corrected chi connectivity index (χ2v) is 7.68. The molecule has 0 saturated carbocycles. The highest BCUT2D eigenvalue weighted by atomic mass is 16.5. The van der Waals surface area contributed by atoms with Crippen LogP contribution in [0.1, 0.15) is 36.7 Å². The predicted molar refractivity (Wildman–Crippen MR) is 90.2 cm³/mol. The molecule has 1 aromatic heterocycles. The van der Waals surface area contributed by atoms with Gasteiger partial charge >= 0.3 is 0 Å². The van der Waals surface area contributed by atoms with E-state index in [1.807, 2.05) is 0 Å². The summed E-state index contributed by atoms with van der Waals surface area (Å²) in [6, 6.07) is 10.1. The number of benzene rings is 1. The zero-order valence-electron chi connectivity index (χ0n) is 13.7. The summed E-state index contributed by atoms with van der Waals surface area (Å²) in [5.74, 6) is 1.43. The Labute approximate surface area is 136 Å². The lowest BCUT2D eigenvalue weighted by atomic mass is 9.64. The first-order valence-electron chi connectivity index (χ1n) is 8.89. The van der Waals surface area contributed by atoms with Crippen molar-refractivity contribution in [1.29, 1.82) is 0 Å². The molecule has 5 aliphatic heterocycles. The molecule has 0 amide bonds. The van der Waals surface area contributed by atoms with Crippen LogP contribution in [0.2, 0.25) is 0 Å². The normalized spacial score (nSPS) is 41.7. The van der Waals surface area contributed by atoms with Crippen molar-refractivity contribution in [3.8, 4) is 0 Å². The van der Waals surface area contributed by atoms with Gasteiger partial charge in [-0.05, 0) is 25.3 Å². The fourth-order valence-electron chi connectivity index (χ4n) is 6.11. The predicted octanol–water partition coefficient (Wildman–Crippen LogP) is 3.57. The van der Waals surface area contributed by atoms with Crippen LogP contribution in [0, 0.1) is 11.8 Å². The van der Waals surface area contributed by atoms with E-state index < -0.39 is 0 Å². The zero-order chi connectivity index (χ0) is 15.3. The van der Waals surface area contributed by atoms with Crippen LogP contribution in [-0.2, 0) is 11.8 Å². The minimum absolute atomic E-state index is 0.276. The molecule has 2 aromatic rings. The molecule has 2 unspecified atom stereocenters. The Morgan fingerprint density at radius 3 is 3.00 bits per heavy atom. The Kier molecular flexibility index (Phi) is 2.27. The van der Waals surface area contributed by atoms with E-state index in [1.165, 1.54) is 28.6 Å². The molecule has 1 aromatic carbocycles. The third-order valence-corrected chi connectivity index (χ3v) is 7.00. The number of hydrogen-bond acceptors (Lipinski definition) is 2. The van der Waals surface area contributed by atoms with Crippen molar-refractivity contribution in [2.75, 3.05) is 13.2 Å². The van der Waals surface area contributed by atoms with Gasteiger partial charge in [-0.25, -0.2) is 0 Å². The van der Waals surface area contributed by atoms with Gasteiger partial charge in [-0.15, -0.1) is 0 Å². The topological polar surface area (TPSA) is 17.4 Å². The highest BCUT2D eigenvalue weighted by molar-refractivity contribution is 5.86. The second-order valence-electron chi connectivity index (χ2n) is 7.68. The van der Waals surface area contributed by atoms with Crippen LogP contribution >= 0.6 is 0 Å². The maximum absolute atomic E-state index is 6.43. The van der Waals surface area contributed by atoms with Gasteiger partial charge in [0, 0.05) is 47.7 Å². The zero-order valence-corrected chi connectivity index (χ0v) is 13.7. The molecule has 7 rings (SSSR count). The SMILES string of the molecule is CC=C1CN2[C@@H]3C4CO[C@@H]3c3c(n(C)c5ccccc35)[C@@H]2C[C@@H]14. The summed E-state index contributed by atoms with van der Waals surface area (Å²) in [4.78, 5) is 2.76. The van der Waals surface area contributed by atoms with E-state index >= 15 is 0 Å². The summed E-state index contributed by atoms with van der Waals surface area (Å²) in [7, 11) is 2.24. The number of aromatic nitrogens is 1. The summed E-state index contributed by atoms with van der Waals surface area (Å²) in [6.45, 7) is 4.29. The molecule has 0 aliphatic carbocycles. The fourth-order valence-corrected chi connectivity index (χ4v) is 6.11. The number of aryl methyl sites for hydroxylation is 1. The first-order valence-corrected chi connectivity index (χ1v) is 8.89. The van der Waals surface area contributed by atoms with Gasteiger partial charge in [0.25, 0.3) is 0 Å². The Morgan fingerprint density at radius 1 is 1.26 bits per heavy atom. The van der Waals surface area contributed by atoms with Crippen molar-refractivity contribution in [2.24, 2.45) is 18.9 Å². The number of fused-ring (bicyclic) bond motifs is 5. The molecule has 4 fully saturated rings. The monoisotopic (exact) mass is 306 g/mol. The van der Waals surface area contributed by atoms with Gasteiger partial charge < -0.3 is 9.30 Å². The van der Waals surface area contributed by atoms with Crippen molar-refractivity contribution in [3.05, 3.63) is 47.2 Å². The number of hydrogen-bond donors (Lipinski definition) is 0. The molecule has 118 valence electrons. The molecule has 4 saturated heterocycles. The third kappa shape index (κ3) is 1.32. The van der Waals surface area contributed by atoms with E-state index in [0.29, 0.717) is 18.0 Å². The van der Waals surface area contributed by atoms with E-state index in [0.717, 1.165) is 19.1 Å². The number of nitrogens with zero attached hydrogens (tertiary/aromatic N) is 2. The Hall–Kier alpha value is -1.58. The van der Waals surface area contributed by atoms with E-state index in [9.17, 15) is 0 Å². The Bertz CT molecular complexity index is 864. The lowest BCUT2D eigenvalue weighted by Gasteiger charge is -2.57. The molecular weight excluding hydrogens is 284 g/mol. The molecule has 6 atom stereocenters. The quantitative estimate of drug-likeness (QED) is 0.692. The summed E-state index contributed by atoms with van der Waals surface area (Å²) < 4.78 is 8.87. The van der Waals surface area contributed by atoms with Crippen molar-refractivity contribution in [2.45, 2.75) is 31.5 Å².